The zero-order valence-corrected chi connectivity index (χ0v) is 10.9. The third-order valence-electron chi connectivity index (χ3n) is 2.12. The van der Waals surface area contributed by atoms with Crippen LogP contribution in [0.25, 0.3) is 0 Å². The summed E-state index contributed by atoms with van der Waals surface area (Å²) in [5.74, 6) is -1.34. The highest BCUT2D eigenvalue weighted by Crippen LogP contribution is 2.29. The van der Waals surface area contributed by atoms with Crippen LogP contribution in [-0.2, 0) is 9.53 Å². The van der Waals surface area contributed by atoms with E-state index in [1.165, 1.54) is 0 Å². The summed E-state index contributed by atoms with van der Waals surface area (Å²) in [6.45, 7) is 5.54. The van der Waals surface area contributed by atoms with Gasteiger partial charge in [0.15, 0.2) is 0 Å². The lowest BCUT2D eigenvalue weighted by atomic mass is 9.87. The van der Waals surface area contributed by atoms with Gasteiger partial charge in [0, 0.05) is 6.54 Å². The molecular formula is C11H19F2NO4. The topological polar surface area (TPSA) is 75.6 Å². The molecule has 0 bridgehead atoms. The quantitative estimate of drug-likeness (QED) is 0.801. The fourth-order valence-corrected chi connectivity index (χ4v) is 1.15. The van der Waals surface area contributed by atoms with Crippen LogP contribution in [0.1, 0.15) is 34.1 Å². The van der Waals surface area contributed by atoms with E-state index in [2.05, 4.69) is 5.32 Å². The Morgan fingerprint density at radius 3 is 2.11 bits per heavy atom. The first-order valence-corrected chi connectivity index (χ1v) is 5.43. The summed E-state index contributed by atoms with van der Waals surface area (Å²) < 4.78 is 30.4. The minimum absolute atomic E-state index is 0.466. The molecule has 0 rings (SSSR count). The van der Waals surface area contributed by atoms with Crippen molar-refractivity contribution in [2.45, 2.75) is 46.1 Å². The molecule has 1 atom stereocenters. The maximum absolute atomic E-state index is 12.8. The molecule has 0 spiro atoms. The van der Waals surface area contributed by atoms with Crippen LogP contribution in [0.2, 0.25) is 0 Å². The van der Waals surface area contributed by atoms with Gasteiger partial charge in [-0.2, -0.15) is 0 Å². The van der Waals surface area contributed by atoms with Gasteiger partial charge in [0.05, 0.1) is 11.8 Å². The lowest BCUT2D eigenvalue weighted by Crippen LogP contribution is -2.43. The van der Waals surface area contributed by atoms with Crippen LogP contribution in [0.5, 0.6) is 0 Å². The normalized spacial score (nSPS) is 15.1. The number of nitrogens with one attached hydrogen (secondary N) is 1. The van der Waals surface area contributed by atoms with Crippen molar-refractivity contribution in [3.05, 3.63) is 0 Å². The van der Waals surface area contributed by atoms with E-state index in [-0.39, 0.29) is 0 Å². The molecule has 7 heteroatoms. The van der Waals surface area contributed by atoms with Gasteiger partial charge in [-0.15, -0.1) is 0 Å². The van der Waals surface area contributed by atoms with Crippen molar-refractivity contribution in [3.63, 3.8) is 0 Å². The number of halogens is 2. The predicted molar refractivity (Wildman–Crippen MR) is 60.6 cm³/mol. The van der Waals surface area contributed by atoms with E-state index in [0.717, 1.165) is 6.92 Å². The molecule has 0 heterocycles. The minimum Gasteiger partial charge on any atom is -0.481 e. The molecule has 106 valence electrons. The van der Waals surface area contributed by atoms with Gasteiger partial charge in [-0.1, -0.05) is 6.92 Å². The van der Waals surface area contributed by atoms with Crippen molar-refractivity contribution in [3.8, 4) is 0 Å². The number of alkyl carbamates (subject to hydrolysis) is 1. The first-order valence-electron chi connectivity index (χ1n) is 5.43. The summed E-state index contributed by atoms with van der Waals surface area (Å²) in [7, 11) is 0. The first kappa shape index (κ1) is 16.6. The third kappa shape index (κ3) is 6.36. The number of amides is 1. The first-order chi connectivity index (χ1) is 7.96. The maximum atomic E-state index is 12.8. The molecular weight excluding hydrogens is 248 g/mol. The van der Waals surface area contributed by atoms with E-state index in [1.54, 1.807) is 20.8 Å². The molecule has 1 unspecified atom stereocenters. The highest BCUT2D eigenvalue weighted by Gasteiger charge is 2.38. The molecule has 0 aromatic heterocycles. The Morgan fingerprint density at radius 1 is 1.28 bits per heavy atom. The molecule has 0 radical (unpaired) electrons. The molecule has 1 amide bonds. The van der Waals surface area contributed by atoms with Crippen molar-refractivity contribution in [2.75, 3.05) is 6.54 Å². The predicted octanol–water partition coefficient (Wildman–Crippen LogP) is 2.26. The van der Waals surface area contributed by atoms with Crippen LogP contribution in [0, 0.1) is 5.41 Å². The minimum atomic E-state index is -2.86. The number of carboxylic acids is 1. The van der Waals surface area contributed by atoms with Crippen LogP contribution >= 0.6 is 0 Å². The molecule has 5 nitrogen and oxygen atoms in total. The van der Waals surface area contributed by atoms with Crippen molar-refractivity contribution >= 4 is 12.1 Å². The number of hydrogen-bond donors (Lipinski definition) is 2. The monoisotopic (exact) mass is 267 g/mol. The average Bonchev–Trinajstić information content (AvgIpc) is 2.10. The van der Waals surface area contributed by atoms with Crippen molar-refractivity contribution < 1.29 is 28.2 Å². The highest BCUT2D eigenvalue weighted by atomic mass is 19.3. The van der Waals surface area contributed by atoms with Crippen LogP contribution in [0.15, 0.2) is 0 Å². The summed E-state index contributed by atoms with van der Waals surface area (Å²) in [5, 5.41) is 10.7. The van der Waals surface area contributed by atoms with Crippen LogP contribution in [-0.4, -0.2) is 35.7 Å². The number of carbonyl (C=O) groups excluding carboxylic acids is 1. The second kappa shape index (κ2) is 5.97. The molecule has 0 saturated heterocycles. The molecule has 18 heavy (non-hydrogen) atoms. The average molecular weight is 267 g/mol. The molecule has 0 aromatic rings. The third-order valence-corrected chi connectivity index (χ3v) is 2.12. The van der Waals surface area contributed by atoms with E-state index < -0.39 is 42.5 Å². The fraction of sp³-hybridized carbons (Fsp3) is 0.818. The van der Waals surface area contributed by atoms with Gasteiger partial charge in [0.1, 0.15) is 5.60 Å². The van der Waals surface area contributed by atoms with Crippen molar-refractivity contribution in [2.24, 2.45) is 5.41 Å². The summed E-state index contributed by atoms with van der Waals surface area (Å²) in [6.07, 6.45) is -4.44. The lowest BCUT2D eigenvalue weighted by molar-refractivity contribution is -0.142. The zero-order chi connectivity index (χ0) is 14.6. The smallest absolute Gasteiger partial charge is 0.407 e. The Hall–Kier alpha value is -1.40. The van der Waals surface area contributed by atoms with Gasteiger partial charge in [-0.05, 0) is 20.8 Å². The number of carbonyl (C=O) groups is 2. The number of alkyl halides is 2. The number of rotatable bonds is 5. The standard InChI is InChI=1S/C11H19F2NO4/c1-10(2,3)18-9(17)14-6-11(4,8(12)13)5-7(15)16/h8H,5-6H2,1-4H3,(H,14,17)(H,15,16). The summed E-state index contributed by atoms with van der Waals surface area (Å²) in [5.41, 5.74) is -2.55. The van der Waals surface area contributed by atoms with Crippen LogP contribution < -0.4 is 5.32 Å². The molecule has 0 aliphatic heterocycles. The Morgan fingerprint density at radius 2 is 1.78 bits per heavy atom. The SMILES string of the molecule is CC(C)(C)OC(=O)NCC(C)(CC(=O)O)C(F)F. The largest absolute Gasteiger partial charge is 0.481 e. The number of ether oxygens (including phenoxy) is 1. The zero-order valence-electron chi connectivity index (χ0n) is 10.9. The second-order valence-corrected chi connectivity index (χ2v) is 5.38. The summed E-state index contributed by atoms with van der Waals surface area (Å²) in [4.78, 5) is 21.8. The van der Waals surface area contributed by atoms with Gasteiger partial charge in [0.25, 0.3) is 0 Å². The summed E-state index contributed by atoms with van der Waals surface area (Å²) in [6, 6.07) is 0. The highest BCUT2D eigenvalue weighted by molar-refractivity contribution is 5.69. The molecule has 0 aliphatic carbocycles. The van der Waals surface area contributed by atoms with Gasteiger partial charge in [-0.25, -0.2) is 13.6 Å². The second-order valence-electron chi connectivity index (χ2n) is 5.38. The van der Waals surface area contributed by atoms with Gasteiger partial charge in [-0.3, -0.25) is 4.79 Å². The molecule has 0 saturated carbocycles. The molecule has 0 aliphatic rings. The van der Waals surface area contributed by atoms with Crippen LogP contribution in [0.3, 0.4) is 0 Å². The van der Waals surface area contributed by atoms with Gasteiger partial charge >= 0.3 is 12.1 Å². The number of aliphatic carboxylic acids is 1. The maximum Gasteiger partial charge on any atom is 0.407 e. The fourth-order valence-electron chi connectivity index (χ4n) is 1.15. The van der Waals surface area contributed by atoms with E-state index in [0.29, 0.717) is 0 Å². The number of carboxylic acid groups (broad SMARTS) is 1. The molecule has 2 N–H and O–H groups in total. The summed E-state index contributed by atoms with van der Waals surface area (Å²) >= 11 is 0. The lowest BCUT2D eigenvalue weighted by Gasteiger charge is -2.28. The van der Waals surface area contributed by atoms with E-state index >= 15 is 0 Å². The molecule has 0 fully saturated rings. The van der Waals surface area contributed by atoms with E-state index in [9.17, 15) is 18.4 Å². The Balaban J connectivity index is 4.45. The van der Waals surface area contributed by atoms with Crippen molar-refractivity contribution in [1.29, 1.82) is 0 Å². The van der Waals surface area contributed by atoms with Gasteiger partial charge < -0.3 is 15.2 Å². The number of hydrogen-bond acceptors (Lipinski definition) is 3. The van der Waals surface area contributed by atoms with E-state index in [4.69, 9.17) is 9.84 Å². The Kier molecular flexibility index (Phi) is 5.51. The Bertz CT molecular complexity index is 315. The van der Waals surface area contributed by atoms with Crippen molar-refractivity contribution in [1.82, 2.24) is 5.32 Å². The Labute approximate surface area is 105 Å². The van der Waals surface area contributed by atoms with Crippen LogP contribution in [0.4, 0.5) is 13.6 Å². The van der Waals surface area contributed by atoms with Gasteiger partial charge in [0.2, 0.25) is 6.43 Å². The van der Waals surface area contributed by atoms with E-state index in [1.807, 2.05) is 0 Å². The molecule has 0 aromatic carbocycles.